The van der Waals surface area contributed by atoms with Crippen LogP contribution >= 0.6 is 0 Å². The first-order valence-electron chi connectivity index (χ1n) is 7.79. The number of nitrogens with zero attached hydrogens (tertiary/aromatic N) is 1. The molecule has 0 spiro atoms. The topological polar surface area (TPSA) is 49.4 Å². The van der Waals surface area contributed by atoms with Gasteiger partial charge in [0, 0.05) is 12.1 Å². The summed E-state index contributed by atoms with van der Waals surface area (Å²) in [5, 5.41) is 3.43. The molecule has 2 atom stereocenters. The smallest absolute Gasteiger partial charge is 0.247 e. The van der Waals surface area contributed by atoms with E-state index in [4.69, 9.17) is 0 Å². The van der Waals surface area contributed by atoms with Crippen molar-refractivity contribution in [3.05, 3.63) is 0 Å². The third kappa shape index (κ3) is 3.56. The minimum absolute atomic E-state index is 0.0186. The summed E-state index contributed by atoms with van der Waals surface area (Å²) in [6, 6.07) is 0.333. The van der Waals surface area contributed by atoms with E-state index in [9.17, 15) is 9.59 Å². The third-order valence-electron chi connectivity index (χ3n) is 4.08. The van der Waals surface area contributed by atoms with Gasteiger partial charge in [-0.1, -0.05) is 33.1 Å². The highest BCUT2D eigenvalue weighted by molar-refractivity contribution is 6.06. The van der Waals surface area contributed by atoms with Gasteiger partial charge in [-0.2, -0.15) is 0 Å². The van der Waals surface area contributed by atoms with Gasteiger partial charge in [-0.05, 0) is 25.7 Å². The number of imide groups is 1. The van der Waals surface area contributed by atoms with Gasteiger partial charge < -0.3 is 5.32 Å². The third-order valence-corrected chi connectivity index (χ3v) is 4.08. The van der Waals surface area contributed by atoms with E-state index < -0.39 is 0 Å². The minimum atomic E-state index is -0.262. The highest BCUT2D eigenvalue weighted by Crippen LogP contribution is 2.31. The molecule has 0 radical (unpaired) electrons. The standard InChI is InChI=1S/C15H26N2O2/c1-3-5-7-11(6-4-2)16-13-10-14(18)17(15(13)19)12-8-9-12/h11-13,16H,3-10H2,1-2H3. The van der Waals surface area contributed by atoms with E-state index in [0.717, 1.165) is 32.1 Å². The van der Waals surface area contributed by atoms with Gasteiger partial charge in [-0.15, -0.1) is 0 Å². The zero-order chi connectivity index (χ0) is 13.8. The summed E-state index contributed by atoms with van der Waals surface area (Å²) >= 11 is 0. The van der Waals surface area contributed by atoms with Crippen molar-refractivity contribution >= 4 is 11.8 Å². The van der Waals surface area contributed by atoms with Crippen LogP contribution in [-0.2, 0) is 9.59 Å². The largest absolute Gasteiger partial charge is 0.303 e. The Hall–Kier alpha value is -0.900. The van der Waals surface area contributed by atoms with Crippen LogP contribution in [0.1, 0.15) is 65.2 Å². The van der Waals surface area contributed by atoms with Crippen LogP contribution < -0.4 is 5.32 Å². The Bertz CT molecular complexity index is 339. The molecule has 2 fully saturated rings. The fourth-order valence-electron chi connectivity index (χ4n) is 2.89. The first-order valence-corrected chi connectivity index (χ1v) is 7.79. The fourth-order valence-corrected chi connectivity index (χ4v) is 2.89. The van der Waals surface area contributed by atoms with E-state index in [2.05, 4.69) is 19.2 Å². The van der Waals surface area contributed by atoms with Crippen LogP contribution in [0.2, 0.25) is 0 Å². The van der Waals surface area contributed by atoms with Crippen LogP contribution in [0.3, 0.4) is 0 Å². The van der Waals surface area contributed by atoms with Crippen LogP contribution in [0.25, 0.3) is 0 Å². The molecule has 19 heavy (non-hydrogen) atoms. The average molecular weight is 266 g/mol. The van der Waals surface area contributed by atoms with E-state index in [1.165, 1.54) is 17.7 Å². The summed E-state index contributed by atoms with van der Waals surface area (Å²) in [6.07, 6.45) is 8.01. The van der Waals surface area contributed by atoms with Crippen LogP contribution in [0.4, 0.5) is 0 Å². The van der Waals surface area contributed by atoms with Crippen LogP contribution in [0.15, 0.2) is 0 Å². The molecule has 1 aliphatic carbocycles. The molecule has 1 saturated heterocycles. The molecule has 0 bridgehead atoms. The quantitative estimate of drug-likeness (QED) is 0.685. The van der Waals surface area contributed by atoms with E-state index in [1.54, 1.807) is 0 Å². The molecule has 2 amide bonds. The van der Waals surface area contributed by atoms with Crippen molar-refractivity contribution < 1.29 is 9.59 Å². The molecular weight excluding hydrogens is 240 g/mol. The Labute approximate surface area is 115 Å². The van der Waals surface area contributed by atoms with Crippen molar-refractivity contribution in [3.63, 3.8) is 0 Å². The normalized spacial score (nSPS) is 25.2. The van der Waals surface area contributed by atoms with Crippen molar-refractivity contribution in [2.45, 2.75) is 83.3 Å². The Morgan fingerprint density at radius 2 is 1.95 bits per heavy atom. The number of rotatable bonds is 8. The van der Waals surface area contributed by atoms with Crippen molar-refractivity contribution in [3.8, 4) is 0 Å². The lowest BCUT2D eigenvalue weighted by molar-refractivity contribution is -0.139. The molecule has 2 aliphatic rings. The zero-order valence-electron chi connectivity index (χ0n) is 12.2. The monoisotopic (exact) mass is 266 g/mol. The van der Waals surface area contributed by atoms with Crippen molar-refractivity contribution in [2.24, 2.45) is 0 Å². The van der Waals surface area contributed by atoms with Crippen molar-refractivity contribution in [1.82, 2.24) is 10.2 Å². The average Bonchev–Trinajstić information content (AvgIpc) is 3.15. The number of unbranched alkanes of at least 4 members (excludes halogenated alkanes) is 1. The Kier molecular flexibility index (Phi) is 4.97. The van der Waals surface area contributed by atoms with Gasteiger partial charge in [0.1, 0.15) is 0 Å². The summed E-state index contributed by atoms with van der Waals surface area (Å²) in [5.41, 5.74) is 0. The maximum Gasteiger partial charge on any atom is 0.247 e. The second kappa shape index (κ2) is 6.51. The van der Waals surface area contributed by atoms with Gasteiger partial charge in [0.25, 0.3) is 0 Å². The van der Waals surface area contributed by atoms with Crippen molar-refractivity contribution in [2.75, 3.05) is 0 Å². The Morgan fingerprint density at radius 1 is 1.21 bits per heavy atom. The number of hydrogen-bond donors (Lipinski definition) is 1. The first kappa shape index (κ1) is 14.5. The lowest BCUT2D eigenvalue weighted by atomic mass is 10.0. The molecular formula is C15H26N2O2. The maximum atomic E-state index is 12.3. The predicted molar refractivity (Wildman–Crippen MR) is 74.6 cm³/mol. The van der Waals surface area contributed by atoms with E-state index >= 15 is 0 Å². The summed E-state index contributed by atoms with van der Waals surface area (Å²) in [4.78, 5) is 25.7. The molecule has 108 valence electrons. The molecule has 2 rings (SSSR count). The van der Waals surface area contributed by atoms with E-state index in [-0.39, 0.29) is 23.9 Å². The first-order chi connectivity index (χ1) is 9.17. The molecule has 0 aromatic carbocycles. The van der Waals surface area contributed by atoms with Crippen LogP contribution in [0.5, 0.6) is 0 Å². The van der Waals surface area contributed by atoms with Gasteiger partial charge in [0.15, 0.2) is 0 Å². The number of amides is 2. The minimum Gasteiger partial charge on any atom is -0.303 e. The van der Waals surface area contributed by atoms with Gasteiger partial charge >= 0.3 is 0 Å². The summed E-state index contributed by atoms with van der Waals surface area (Å²) in [7, 11) is 0. The molecule has 0 aromatic heterocycles. The molecule has 1 saturated carbocycles. The van der Waals surface area contributed by atoms with Crippen LogP contribution in [0, 0.1) is 0 Å². The predicted octanol–water partition coefficient (Wildman–Crippen LogP) is 2.22. The summed E-state index contributed by atoms with van der Waals surface area (Å²) in [5.74, 6) is 0.0424. The number of carbonyl (C=O) groups is 2. The van der Waals surface area contributed by atoms with E-state index in [0.29, 0.717) is 12.5 Å². The molecule has 1 N–H and O–H groups in total. The number of likely N-dealkylation sites (tertiary alicyclic amines) is 1. The number of hydrogen-bond acceptors (Lipinski definition) is 3. The summed E-state index contributed by atoms with van der Waals surface area (Å²) < 4.78 is 0. The fraction of sp³-hybridized carbons (Fsp3) is 0.867. The van der Waals surface area contributed by atoms with E-state index in [1.807, 2.05) is 0 Å². The lowest BCUT2D eigenvalue weighted by Crippen LogP contribution is -2.44. The summed E-state index contributed by atoms with van der Waals surface area (Å²) in [6.45, 7) is 4.35. The second-order valence-electron chi connectivity index (χ2n) is 5.88. The maximum absolute atomic E-state index is 12.3. The molecule has 1 aliphatic heterocycles. The van der Waals surface area contributed by atoms with Crippen molar-refractivity contribution in [1.29, 1.82) is 0 Å². The zero-order valence-corrected chi connectivity index (χ0v) is 12.2. The highest BCUT2D eigenvalue weighted by atomic mass is 16.2. The molecule has 2 unspecified atom stereocenters. The van der Waals surface area contributed by atoms with Gasteiger partial charge in [-0.25, -0.2) is 0 Å². The molecule has 4 nitrogen and oxygen atoms in total. The number of carbonyl (C=O) groups excluding carboxylic acids is 2. The van der Waals surface area contributed by atoms with Crippen LogP contribution in [-0.4, -0.2) is 34.8 Å². The number of nitrogens with one attached hydrogen (secondary N) is 1. The lowest BCUT2D eigenvalue weighted by Gasteiger charge is -2.21. The van der Waals surface area contributed by atoms with Gasteiger partial charge in [0.05, 0.1) is 12.5 Å². The Balaban J connectivity index is 1.89. The van der Waals surface area contributed by atoms with Gasteiger partial charge in [-0.3, -0.25) is 14.5 Å². The SMILES string of the molecule is CCCCC(CCC)NC1CC(=O)N(C2CC2)C1=O. The Morgan fingerprint density at radius 3 is 2.53 bits per heavy atom. The molecule has 1 heterocycles. The molecule has 0 aromatic rings. The molecule has 4 heteroatoms. The highest BCUT2D eigenvalue weighted by Gasteiger charge is 2.46. The van der Waals surface area contributed by atoms with Gasteiger partial charge in [0.2, 0.25) is 11.8 Å². The second-order valence-corrected chi connectivity index (χ2v) is 5.88.